The summed E-state index contributed by atoms with van der Waals surface area (Å²) in [7, 11) is -3.98. The van der Waals surface area contributed by atoms with Crippen molar-refractivity contribution in [2.45, 2.75) is 19.4 Å². The number of esters is 1. The van der Waals surface area contributed by atoms with Gasteiger partial charge in [-0.2, -0.15) is 8.42 Å². The van der Waals surface area contributed by atoms with E-state index in [0.717, 1.165) is 6.08 Å². The molecule has 0 saturated carbocycles. The Morgan fingerprint density at radius 3 is 2.57 bits per heavy atom. The van der Waals surface area contributed by atoms with E-state index in [2.05, 4.69) is 11.3 Å². The van der Waals surface area contributed by atoms with E-state index in [1.165, 1.54) is 6.92 Å². The largest absolute Gasteiger partial charge is 1.00 e. The third-order valence-corrected chi connectivity index (χ3v) is 2.02. The third-order valence-electron chi connectivity index (χ3n) is 1.27. The number of hydrogen-bond donors (Lipinski definition) is 1. The van der Waals surface area contributed by atoms with Crippen LogP contribution in [0.3, 0.4) is 0 Å². The minimum atomic E-state index is -3.98. The van der Waals surface area contributed by atoms with Gasteiger partial charge >= 0.3 is 35.5 Å². The minimum absolute atomic E-state index is 0. The van der Waals surface area contributed by atoms with Crippen LogP contribution in [-0.2, 0) is 19.6 Å². The quantitative estimate of drug-likeness (QED) is 0.245. The molecule has 0 bridgehead atoms. The molecule has 0 amide bonds. The van der Waals surface area contributed by atoms with E-state index in [1.54, 1.807) is 0 Å². The second kappa shape index (κ2) is 7.42. The average molecular weight is 232 g/mol. The molecule has 0 fully saturated rings. The Bertz CT molecular complexity index is 290. The molecule has 7 heteroatoms. The van der Waals surface area contributed by atoms with Gasteiger partial charge < -0.3 is 6.16 Å². The van der Waals surface area contributed by atoms with Crippen LogP contribution in [0.5, 0.6) is 0 Å². The molecule has 0 spiro atoms. The summed E-state index contributed by atoms with van der Waals surface area (Å²) < 4.78 is 33.6. The van der Waals surface area contributed by atoms with Crippen molar-refractivity contribution in [2.24, 2.45) is 0 Å². The van der Waals surface area contributed by atoms with Gasteiger partial charge in [0, 0.05) is 12.5 Å². The van der Waals surface area contributed by atoms with Gasteiger partial charge in [-0.1, -0.05) is 6.58 Å². The van der Waals surface area contributed by atoms with Gasteiger partial charge in [0.25, 0.3) is 10.1 Å². The first-order valence-electron chi connectivity index (χ1n) is 3.63. The van der Waals surface area contributed by atoms with Gasteiger partial charge in [-0.15, -0.1) is 0 Å². The molecule has 78 valence electrons. The molecule has 0 aromatic rings. The van der Waals surface area contributed by atoms with Gasteiger partial charge in [-0.05, 0) is 6.92 Å². The second-order valence-electron chi connectivity index (χ2n) is 2.53. The van der Waals surface area contributed by atoms with Crippen LogP contribution in [-0.4, -0.2) is 30.8 Å². The van der Waals surface area contributed by atoms with Gasteiger partial charge in [0.15, 0.2) is 0 Å². The van der Waals surface area contributed by atoms with Gasteiger partial charge in [0.05, 0.1) is 5.75 Å². The van der Waals surface area contributed by atoms with Crippen molar-refractivity contribution in [1.82, 2.24) is 0 Å². The Balaban J connectivity index is -0.000000720. The van der Waals surface area contributed by atoms with Crippen molar-refractivity contribution in [1.29, 1.82) is 0 Å². The van der Waals surface area contributed by atoms with E-state index in [0.29, 0.717) is 0 Å². The molecular formula is C7H13NaO5S. The molecule has 0 saturated heterocycles. The monoisotopic (exact) mass is 232 g/mol. The Hall–Kier alpha value is 0.120. The van der Waals surface area contributed by atoms with E-state index in [1.807, 2.05) is 0 Å². The van der Waals surface area contributed by atoms with Crippen LogP contribution in [0, 0.1) is 0 Å². The van der Waals surface area contributed by atoms with Gasteiger partial charge in [0.2, 0.25) is 0 Å². The molecule has 1 N–H and O–H groups in total. The summed E-state index contributed by atoms with van der Waals surface area (Å²) in [5.74, 6) is -1.03. The summed E-state index contributed by atoms with van der Waals surface area (Å²) in [6.07, 6.45) is 0.509. The molecule has 0 aliphatic rings. The zero-order valence-electron chi connectivity index (χ0n) is 9.26. The van der Waals surface area contributed by atoms with Crippen LogP contribution < -0.4 is 29.6 Å². The normalized spacial score (nSPS) is 12.4. The summed E-state index contributed by atoms with van der Waals surface area (Å²) in [5, 5.41) is 0. The summed E-state index contributed by atoms with van der Waals surface area (Å²) >= 11 is 0. The molecule has 0 aliphatic heterocycles. The zero-order valence-corrected chi connectivity index (χ0v) is 11.1. The molecule has 0 aliphatic carbocycles. The fourth-order valence-electron chi connectivity index (χ4n) is 0.620. The van der Waals surface area contributed by atoms with Crippen molar-refractivity contribution in [3.05, 3.63) is 12.7 Å². The SMILES string of the molecule is C=CC(=O)OC(C)CCS(=O)(=O)O.[H-].[Na+]. The summed E-state index contributed by atoms with van der Waals surface area (Å²) in [4.78, 5) is 10.6. The third kappa shape index (κ3) is 10.2. The van der Waals surface area contributed by atoms with Crippen molar-refractivity contribution < 1.29 is 53.5 Å². The standard InChI is InChI=1S/C7H12O5S.Na.H/c1-3-7(8)12-6(2)4-5-13(9,10)11;;/h3,6H,1,4-5H2,2H3,(H,9,10,11);;/q;+1;-1. The molecule has 5 nitrogen and oxygen atoms in total. The average Bonchev–Trinajstić information content (AvgIpc) is 1.99. The number of rotatable bonds is 5. The topological polar surface area (TPSA) is 80.7 Å². The van der Waals surface area contributed by atoms with Crippen molar-refractivity contribution in [3.8, 4) is 0 Å². The smallest absolute Gasteiger partial charge is 1.00 e. The fraction of sp³-hybridized carbons (Fsp3) is 0.571. The molecule has 0 heterocycles. The predicted octanol–water partition coefficient (Wildman–Crippen LogP) is -2.50. The van der Waals surface area contributed by atoms with Crippen molar-refractivity contribution in [3.63, 3.8) is 0 Å². The predicted molar refractivity (Wildman–Crippen MR) is 47.9 cm³/mol. The second-order valence-corrected chi connectivity index (χ2v) is 4.10. The Morgan fingerprint density at radius 1 is 1.71 bits per heavy atom. The maximum absolute atomic E-state index is 10.6. The van der Waals surface area contributed by atoms with Gasteiger partial charge in [0.1, 0.15) is 6.10 Å². The first kappa shape index (κ1) is 16.5. The van der Waals surface area contributed by atoms with Crippen LogP contribution in [0.4, 0.5) is 0 Å². The molecule has 1 unspecified atom stereocenters. The maximum Gasteiger partial charge on any atom is 1.00 e. The van der Waals surface area contributed by atoms with E-state index >= 15 is 0 Å². The number of ether oxygens (including phenoxy) is 1. The summed E-state index contributed by atoms with van der Waals surface area (Å²) in [5.41, 5.74) is 0. The fourth-order valence-corrected chi connectivity index (χ4v) is 1.25. The first-order chi connectivity index (χ1) is 5.85. The summed E-state index contributed by atoms with van der Waals surface area (Å²) in [6, 6.07) is 0. The van der Waals surface area contributed by atoms with Crippen LogP contribution in [0.15, 0.2) is 12.7 Å². The first-order valence-corrected chi connectivity index (χ1v) is 5.24. The van der Waals surface area contributed by atoms with Crippen LogP contribution >= 0.6 is 0 Å². The van der Waals surface area contributed by atoms with Gasteiger partial charge in [-0.25, -0.2) is 4.79 Å². The maximum atomic E-state index is 10.6. The Morgan fingerprint density at radius 2 is 2.21 bits per heavy atom. The Labute approximate surface area is 107 Å². The molecule has 0 radical (unpaired) electrons. The van der Waals surface area contributed by atoms with Crippen molar-refractivity contribution in [2.75, 3.05) is 5.75 Å². The molecule has 14 heavy (non-hydrogen) atoms. The van der Waals surface area contributed by atoms with Crippen molar-refractivity contribution >= 4 is 16.1 Å². The molecular weight excluding hydrogens is 219 g/mol. The number of carbonyl (C=O) groups is 1. The zero-order chi connectivity index (χ0) is 10.5. The molecule has 1 atom stereocenters. The summed E-state index contributed by atoms with van der Waals surface area (Å²) in [6.45, 7) is 4.71. The molecule has 0 aromatic carbocycles. The van der Waals surface area contributed by atoms with E-state index in [9.17, 15) is 13.2 Å². The minimum Gasteiger partial charge on any atom is -1.00 e. The van der Waals surface area contributed by atoms with E-state index < -0.39 is 27.9 Å². The Kier molecular flexibility index (Phi) is 8.77. The van der Waals surface area contributed by atoms with Crippen LogP contribution in [0.2, 0.25) is 0 Å². The van der Waals surface area contributed by atoms with Crippen LogP contribution in [0.1, 0.15) is 14.8 Å². The number of hydrogen-bond acceptors (Lipinski definition) is 4. The molecule has 0 aromatic heterocycles. The number of carbonyl (C=O) groups excluding carboxylic acids is 1. The van der Waals surface area contributed by atoms with Gasteiger partial charge in [-0.3, -0.25) is 4.55 Å². The van der Waals surface area contributed by atoms with Crippen LogP contribution in [0.25, 0.3) is 0 Å². The van der Waals surface area contributed by atoms with E-state index in [4.69, 9.17) is 4.55 Å². The molecule has 0 rings (SSSR count). The van der Waals surface area contributed by atoms with E-state index in [-0.39, 0.29) is 37.4 Å².